The van der Waals surface area contributed by atoms with Gasteiger partial charge in [0.25, 0.3) is 0 Å². The van der Waals surface area contributed by atoms with Crippen LogP contribution in [0.4, 0.5) is 4.39 Å². The second-order valence-corrected chi connectivity index (χ2v) is 6.83. The molecule has 0 radical (unpaired) electrons. The van der Waals surface area contributed by atoms with E-state index in [9.17, 15) is 14.3 Å². The average Bonchev–Trinajstić information content (AvgIpc) is 3.29. The van der Waals surface area contributed by atoms with Crippen LogP contribution in [0.1, 0.15) is 43.6 Å². The van der Waals surface area contributed by atoms with Gasteiger partial charge in [0.2, 0.25) is 5.91 Å². The molecule has 1 aromatic carbocycles. The lowest BCUT2D eigenvalue weighted by Crippen LogP contribution is -2.38. The molecule has 3 nitrogen and oxygen atoms in total. The summed E-state index contributed by atoms with van der Waals surface area (Å²) in [4.78, 5) is 14.3. The first-order valence-electron chi connectivity index (χ1n) is 8.24. The molecule has 120 valence electrons. The zero-order valence-electron chi connectivity index (χ0n) is 13.0. The minimum Gasteiger partial charge on any atom is -0.393 e. The maximum atomic E-state index is 13.3. The summed E-state index contributed by atoms with van der Waals surface area (Å²) < 4.78 is 13.3. The van der Waals surface area contributed by atoms with Crippen molar-refractivity contribution in [1.82, 2.24) is 4.90 Å². The lowest BCUT2D eigenvalue weighted by molar-refractivity contribution is -0.132. The Labute approximate surface area is 131 Å². The van der Waals surface area contributed by atoms with Gasteiger partial charge in [0.05, 0.1) is 6.10 Å². The van der Waals surface area contributed by atoms with Crippen LogP contribution in [0.2, 0.25) is 0 Å². The summed E-state index contributed by atoms with van der Waals surface area (Å²) >= 11 is 0. The fourth-order valence-electron chi connectivity index (χ4n) is 3.70. The molecular formula is C18H24FNO2. The molecule has 1 aromatic rings. The molecule has 4 heteroatoms. The van der Waals surface area contributed by atoms with E-state index in [1.165, 1.54) is 12.1 Å². The minimum absolute atomic E-state index is 0.0208. The van der Waals surface area contributed by atoms with Crippen LogP contribution in [0.3, 0.4) is 0 Å². The number of nitrogens with zero attached hydrogens (tertiary/aromatic N) is 1. The van der Waals surface area contributed by atoms with Crippen LogP contribution in [0.25, 0.3) is 0 Å². The monoisotopic (exact) mass is 305 g/mol. The Hall–Kier alpha value is -1.42. The highest BCUT2D eigenvalue weighted by atomic mass is 19.1. The van der Waals surface area contributed by atoms with Gasteiger partial charge in [-0.25, -0.2) is 4.39 Å². The van der Waals surface area contributed by atoms with Gasteiger partial charge in [0.1, 0.15) is 5.82 Å². The third kappa shape index (κ3) is 3.32. The maximum Gasteiger partial charge on any atom is 0.226 e. The summed E-state index contributed by atoms with van der Waals surface area (Å²) in [6.07, 6.45) is 4.60. The topological polar surface area (TPSA) is 40.5 Å². The number of hydrogen-bond acceptors (Lipinski definition) is 2. The summed E-state index contributed by atoms with van der Waals surface area (Å²) in [7, 11) is 1.82. The first-order chi connectivity index (χ1) is 10.6. The van der Waals surface area contributed by atoms with Gasteiger partial charge in [-0.1, -0.05) is 25.0 Å². The molecule has 0 spiro atoms. The quantitative estimate of drug-likeness (QED) is 0.929. The summed E-state index contributed by atoms with van der Waals surface area (Å²) in [5, 5.41) is 10.0. The van der Waals surface area contributed by atoms with Crippen molar-refractivity contribution in [3.05, 3.63) is 35.6 Å². The van der Waals surface area contributed by atoms with Gasteiger partial charge in [0.15, 0.2) is 0 Å². The Bertz CT molecular complexity index is 548. The van der Waals surface area contributed by atoms with Crippen molar-refractivity contribution in [1.29, 1.82) is 0 Å². The van der Waals surface area contributed by atoms with E-state index < -0.39 is 0 Å². The average molecular weight is 305 g/mol. The molecule has 0 heterocycles. The SMILES string of the molecule is CN(CC1CCCCC1O)C(=O)C1CC1c1cccc(F)c1. The van der Waals surface area contributed by atoms with Crippen LogP contribution < -0.4 is 0 Å². The van der Waals surface area contributed by atoms with Crippen LogP contribution in [0, 0.1) is 17.7 Å². The van der Waals surface area contributed by atoms with E-state index in [1.807, 2.05) is 13.1 Å². The number of amides is 1. The molecule has 4 atom stereocenters. The van der Waals surface area contributed by atoms with Gasteiger partial charge in [-0.05, 0) is 42.9 Å². The third-order valence-corrected chi connectivity index (χ3v) is 5.14. The van der Waals surface area contributed by atoms with E-state index in [2.05, 4.69) is 0 Å². The molecule has 22 heavy (non-hydrogen) atoms. The number of aliphatic hydroxyl groups is 1. The van der Waals surface area contributed by atoms with Crippen LogP contribution >= 0.6 is 0 Å². The van der Waals surface area contributed by atoms with Crippen molar-refractivity contribution in [2.75, 3.05) is 13.6 Å². The summed E-state index contributed by atoms with van der Waals surface area (Å²) in [6, 6.07) is 6.56. The Balaban J connectivity index is 1.56. The fraction of sp³-hybridized carbons (Fsp3) is 0.611. The Kier molecular flexibility index (Phi) is 4.48. The molecule has 2 aliphatic carbocycles. The second kappa shape index (κ2) is 6.37. The summed E-state index contributed by atoms with van der Waals surface area (Å²) in [6.45, 7) is 0.631. The van der Waals surface area contributed by atoms with Gasteiger partial charge in [0, 0.05) is 25.4 Å². The number of carbonyl (C=O) groups excluding carboxylic acids is 1. The van der Waals surface area contributed by atoms with Gasteiger partial charge in [-0.3, -0.25) is 4.79 Å². The van der Waals surface area contributed by atoms with E-state index in [1.54, 1.807) is 11.0 Å². The number of hydrogen-bond donors (Lipinski definition) is 1. The molecular weight excluding hydrogens is 281 g/mol. The van der Waals surface area contributed by atoms with E-state index >= 15 is 0 Å². The smallest absolute Gasteiger partial charge is 0.226 e. The summed E-state index contributed by atoms with van der Waals surface area (Å²) in [5.41, 5.74) is 0.921. The molecule has 0 aliphatic heterocycles. The van der Waals surface area contributed by atoms with Gasteiger partial charge < -0.3 is 10.0 Å². The van der Waals surface area contributed by atoms with Crippen molar-refractivity contribution in [2.45, 2.75) is 44.1 Å². The molecule has 1 N–H and O–H groups in total. The van der Waals surface area contributed by atoms with Crippen LogP contribution in [0.15, 0.2) is 24.3 Å². The Morgan fingerprint density at radius 1 is 1.36 bits per heavy atom. The van der Waals surface area contributed by atoms with Crippen molar-refractivity contribution in [2.24, 2.45) is 11.8 Å². The van der Waals surface area contributed by atoms with Gasteiger partial charge >= 0.3 is 0 Å². The van der Waals surface area contributed by atoms with Crippen molar-refractivity contribution in [3.63, 3.8) is 0 Å². The number of rotatable bonds is 4. The number of carbonyl (C=O) groups is 1. The molecule has 0 bridgehead atoms. The van der Waals surface area contributed by atoms with Crippen LogP contribution in [-0.2, 0) is 4.79 Å². The van der Waals surface area contributed by atoms with E-state index in [-0.39, 0.29) is 35.6 Å². The standard InChI is InChI=1S/C18H24FNO2/c1-20(11-13-5-2-3-8-17(13)21)18(22)16-10-15(16)12-6-4-7-14(19)9-12/h4,6-7,9,13,15-17,21H,2-3,5,8,10-11H2,1H3. The van der Waals surface area contributed by atoms with E-state index in [0.29, 0.717) is 6.54 Å². The maximum absolute atomic E-state index is 13.3. The fourth-order valence-corrected chi connectivity index (χ4v) is 3.70. The highest BCUT2D eigenvalue weighted by Gasteiger charge is 2.45. The van der Waals surface area contributed by atoms with E-state index in [0.717, 1.165) is 37.7 Å². The molecule has 2 saturated carbocycles. The Morgan fingerprint density at radius 2 is 2.14 bits per heavy atom. The first-order valence-corrected chi connectivity index (χ1v) is 8.24. The lowest BCUT2D eigenvalue weighted by atomic mass is 9.86. The van der Waals surface area contributed by atoms with Crippen molar-refractivity contribution in [3.8, 4) is 0 Å². The largest absolute Gasteiger partial charge is 0.393 e. The van der Waals surface area contributed by atoms with Crippen molar-refractivity contribution < 1.29 is 14.3 Å². The molecule has 1 amide bonds. The number of aliphatic hydroxyl groups excluding tert-OH is 1. The normalized spacial score (nSPS) is 30.9. The van der Waals surface area contributed by atoms with Crippen LogP contribution in [0.5, 0.6) is 0 Å². The molecule has 0 aromatic heterocycles. The van der Waals surface area contributed by atoms with Gasteiger partial charge in [-0.15, -0.1) is 0 Å². The molecule has 3 rings (SSSR count). The molecule has 2 fully saturated rings. The highest BCUT2D eigenvalue weighted by Crippen LogP contribution is 2.48. The molecule has 2 aliphatic rings. The van der Waals surface area contributed by atoms with Gasteiger partial charge in [-0.2, -0.15) is 0 Å². The predicted molar refractivity (Wildman–Crippen MR) is 82.8 cm³/mol. The van der Waals surface area contributed by atoms with E-state index in [4.69, 9.17) is 0 Å². The Morgan fingerprint density at radius 3 is 2.86 bits per heavy atom. The molecule has 4 unspecified atom stereocenters. The number of halogens is 1. The highest BCUT2D eigenvalue weighted by molar-refractivity contribution is 5.82. The third-order valence-electron chi connectivity index (χ3n) is 5.14. The zero-order valence-corrected chi connectivity index (χ0v) is 13.0. The zero-order chi connectivity index (χ0) is 15.7. The first kappa shape index (κ1) is 15.5. The minimum atomic E-state index is -0.276. The summed E-state index contributed by atoms with van der Waals surface area (Å²) in [5.74, 6) is 0.227. The molecule has 0 saturated heterocycles. The van der Waals surface area contributed by atoms with Crippen LogP contribution in [-0.4, -0.2) is 35.6 Å². The second-order valence-electron chi connectivity index (χ2n) is 6.83. The lowest BCUT2D eigenvalue weighted by Gasteiger charge is -2.31. The predicted octanol–water partition coefficient (Wildman–Crippen LogP) is 2.94. The van der Waals surface area contributed by atoms with Crippen molar-refractivity contribution >= 4 is 5.91 Å². The number of benzene rings is 1.